The number of amides is 1. The highest BCUT2D eigenvalue weighted by molar-refractivity contribution is 7.91. The van der Waals surface area contributed by atoms with E-state index in [0.29, 0.717) is 29.3 Å². The number of nitrogens with zero attached hydrogens (tertiary/aromatic N) is 1. The van der Waals surface area contributed by atoms with E-state index >= 15 is 0 Å². The third-order valence-electron chi connectivity index (χ3n) is 8.84. The summed E-state index contributed by atoms with van der Waals surface area (Å²) in [6, 6.07) is 13.7. The smallest absolute Gasteiger partial charge is 0.307 e. The third-order valence-corrected chi connectivity index (χ3v) is 11.6. The fourth-order valence-corrected chi connectivity index (χ4v) is 7.38. The zero-order valence-corrected chi connectivity index (χ0v) is 25.0. The van der Waals surface area contributed by atoms with Crippen LogP contribution in [0.25, 0.3) is 0 Å². The number of halogens is 2. The number of carbonyl (C=O) groups is 2. The molecule has 0 radical (unpaired) electrons. The van der Waals surface area contributed by atoms with Gasteiger partial charge in [-0.2, -0.15) is 0 Å². The second kappa shape index (κ2) is 11.0. The SMILES string of the molecule is CC[C@@H](CNS(=O)(=O)C1(C)CC1)N1C(=O)[C@@](C)([C@H](C)C(=O)O)C[C@H](c2cccc(Cl)c2)[C@H]1c1ccc(Cl)cc1. The van der Waals surface area contributed by atoms with Gasteiger partial charge >= 0.3 is 5.97 Å². The second-order valence-electron chi connectivity index (χ2n) is 11.4. The maximum absolute atomic E-state index is 14.5. The van der Waals surface area contributed by atoms with Gasteiger partial charge < -0.3 is 10.0 Å². The second-order valence-corrected chi connectivity index (χ2v) is 14.6. The van der Waals surface area contributed by atoms with Gasteiger partial charge in [0.1, 0.15) is 0 Å². The number of hydrogen-bond donors (Lipinski definition) is 2. The molecule has 1 aliphatic carbocycles. The summed E-state index contributed by atoms with van der Waals surface area (Å²) in [6.45, 7) is 6.93. The van der Waals surface area contributed by atoms with Gasteiger partial charge in [-0.05, 0) is 74.9 Å². The molecule has 1 aliphatic heterocycles. The van der Waals surface area contributed by atoms with Crippen molar-refractivity contribution in [2.24, 2.45) is 11.3 Å². The minimum atomic E-state index is -3.58. The molecular weight excluding hydrogens is 559 g/mol. The first-order valence-electron chi connectivity index (χ1n) is 13.3. The van der Waals surface area contributed by atoms with Crippen LogP contribution in [-0.4, -0.2) is 47.6 Å². The van der Waals surface area contributed by atoms with E-state index in [4.69, 9.17) is 23.2 Å². The Bertz CT molecular complexity index is 1350. The summed E-state index contributed by atoms with van der Waals surface area (Å²) in [7, 11) is -3.58. The van der Waals surface area contributed by atoms with Gasteiger partial charge in [-0.1, -0.05) is 61.3 Å². The molecule has 39 heavy (non-hydrogen) atoms. The zero-order chi connectivity index (χ0) is 28.8. The van der Waals surface area contributed by atoms with Crippen molar-refractivity contribution in [3.05, 3.63) is 69.7 Å². The average molecular weight is 596 g/mol. The lowest BCUT2D eigenvalue weighted by atomic mass is 9.63. The molecule has 7 nitrogen and oxygen atoms in total. The van der Waals surface area contributed by atoms with Crippen molar-refractivity contribution < 1.29 is 23.1 Å². The molecule has 0 unspecified atom stereocenters. The molecule has 1 saturated heterocycles. The zero-order valence-electron chi connectivity index (χ0n) is 22.7. The highest BCUT2D eigenvalue weighted by atomic mass is 35.5. The Kier molecular flexibility index (Phi) is 8.44. The van der Waals surface area contributed by atoms with Crippen LogP contribution in [0.1, 0.15) is 76.5 Å². The molecule has 1 heterocycles. The number of likely N-dealkylation sites (tertiary alicyclic amines) is 1. The summed E-state index contributed by atoms with van der Waals surface area (Å²) in [5, 5.41) is 11.1. The van der Waals surface area contributed by atoms with Crippen LogP contribution in [0.2, 0.25) is 10.0 Å². The predicted octanol–water partition coefficient (Wildman–Crippen LogP) is 6.03. The third kappa shape index (κ3) is 5.71. The van der Waals surface area contributed by atoms with Crippen LogP contribution in [0, 0.1) is 11.3 Å². The van der Waals surface area contributed by atoms with Crippen molar-refractivity contribution in [1.29, 1.82) is 0 Å². The molecule has 2 aliphatic rings. The molecule has 2 fully saturated rings. The lowest BCUT2D eigenvalue weighted by molar-refractivity contribution is -0.166. The summed E-state index contributed by atoms with van der Waals surface area (Å²) in [5.41, 5.74) is 0.471. The van der Waals surface area contributed by atoms with Crippen molar-refractivity contribution in [2.75, 3.05) is 6.54 Å². The Hall–Kier alpha value is -2.13. The predicted molar refractivity (Wildman–Crippen MR) is 153 cm³/mol. The number of carboxylic acids is 1. The Balaban J connectivity index is 1.86. The number of hydrogen-bond acceptors (Lipinski definition) is 4. The van der Waals surface area contributed by atoms with Gasteiger partial charge in [-0.15, -0.1) is 0 Å². The topological polar surface area (TPSA) is 104 Å². The number of rotatable bonds is 10. The van der Waals surface area contributed by atoms with E-state index in [9.17, 15) is 23.1 Å². The summed E-state index contributed by atoms with van der Waals surface area (Å²) >= 11 is 12.6. The van der Waals surface area contributed by atoms with Crippen LogP contribution in [0.5, 0.6) is 0 Å². The lowest BCUT2D eigenvalue weighted by Crippen LogP contribution is -2.60. The van der Waals surface area contributed by atoms with Crippen LogP contribution in [0.3, 0.4) is 0 Å². The van der Waals surface area contributed by atoms with E-state index in [1.165, 1.54) is 0 Å². The monoisotopic (exact) mass is 594 g/mol. The van der Waals surface area contributed by atoms with Gasteiger partial charge in [-0.25, -0.2) is 13.1 Å². The highest BCUT2D eigenvalue weighted by Gasteiger charge is 2.56. The van der Waals surface area contributed by atoms with Gasteiger partial charge in [0.2, 0.25) is 15.9 Å². The van der Waals surface area contributed by atoms with Crippen LogP contribution < -0.4 is 4.72 Å². The molecule has 2 N–H and O–H groups in total. The quantitative estimate of drug-likeness (QED) is 0.349. The van der Waals surface area contributed by atoms with Crippen LogP contribution in [0.4, 0.5) is 0 Å². The van der Waals surface area contributed by atoms with Crippen LogP contribution in [0.15, 0.2) is 48.5 Å². The van der Waals surface area contributed by atoms with Gasteiger partial charge in [0.25, 0.3) is 0 Å². The minimum absolute atomic E-state index is 0.0318. The first-order chi connectivity index (χ1) is 18.2. The van der Waals surface area contributed by atoms with Crippen molar-refractivity contribution in [2.45, 2.75) is 76.1 Å². The number of sulfonamides is 1. The molecule has 4 rings (SSSR count). The molecule has 0 aromatic heterocycles. The highest BCUT2D eigenvalue weighted by Crippen LogP contribution is 2.53. The molecule has 0 bridgehead atoms. The number of carboxylic acid groups (broad SMARTS) is 1. The van der Waals surface area contributed by atoms with Gasteiger partial charge in [0.05, 0.1) is 22.1 Å². The average Bonchev–Trinajstić information content (AvgIpc) is 3.65. The van der Waals surface area contributed by atoms with Crippen molar-refractivity contribution in [3.8, 4) is 0 Å². The molecule has 10 heteroatoms. The normalized spacial score (nSPS) is 26.2. The number of aliphatic carboxylic acids is 1. The summed E-state index contributed by atoms with van der Waals surface area (Å²) in [4.78, 5) is 28.4. The molecule has 5 atom stereocenters. The maximum atomic E-state index is 14.5. The van der Waals surface area contributed by atoms with Crippen LogP contribution in [-0.2, 0) is 19.6 Å². The Morgan fingerprint density at radius 3 is 2.28 bits per heavy atom. The van der Waals surface area contributed by atoms with E-state index in [0.717, 1.165) is 11.1 Å². The summed E-state index contributed by atoms with van der Waals surface area (Å²) < 4.78 is 28.0. The Labute approximate surface area is 240 Å². The minimum Gasteiger partial charge on any atom is -0.481 e. The van der Waals surface area contributed by atoms with E-state index in [1.807, 2.05) is 37.3 Å². The largest absolute Gasteiger partial charge is 0.481 e. The number of carbonyl (C=O) groups excluding carboxylic acids is 1. The van der Waals surface area contributed by atoms with Gasteiger partial charge in [0.15, 0.2) is 0 Å². The van der Waals surface area contributed by atoms with Crippen molar-refractivity contribution in [1.82, 2.24) is 9.62 Å². The lowest BCUT2D eigenvalue weighted by Gasteiger charge is -2.53. The summed E-state index contributed by atoms with van der Waals surface area (Å²) in [6.07, 6.45) is 1.94. The van der Waals surface area contributed by atoms with Crippen molar-refractivity contribution >= 4 is 45.1 Å². The van der Waals surface area contributed by atoms with E-state index < -0.39 is 44.2 Å². The van der Waals surface area contributed by atoms with Gasteiger partial charge in [-0.3, -0.25) is 9.59 Å². The van der Waals surface area contributed by atoms with E-state index in [-0.39, 0.29) is 24.8 Å². The first kappa shape index (κ1) is 29.8. The first-order valence-corrected chi connectivity index (χ1v) is 15.5. The fraction of sp³-hybridized carbons (Fsp3) is 0.517. The number of benzene rings is 2. The number of piperidine rings is 1. The standard InChI is InChI=1S/C29H36Cl2N2O5S/c1-5-23(17-32-39(37,38)28(3)13-14-28)33-25(19-9-11-21(30)12-10-19)24(20-7-6-8-22(31)15-20)16-29(4,27(33)36)18(2)26(34)35/h6-12,15,18,23-25,32H,5,13-14,16-17H2,1-4H3,(H,34,35)/t18-,23+,24-,25-,29-/m1/s1. The Morgan fingerprint density at radius 1 is 1.10 bits per heavy atom. The molecule has 2 aromatic carbocycles. The molecular formula is C29H36Cl2N2O5S. The Morgan fingerprint density at radius 2 is 1.74 bits per heavy atom. The van der Waals surface area contributed by atoms with E-state index in [1.54, 1.807) is 43.9 Å². The van der Waals surface area contributed by atoms with Crippen molar-refractivity contribution in [3.63, 3.8) is 0 Å². The molecule has 212 valence electrons. The molecule has 0 spiro atoms. The number of nitrogens with one attached hydrogen (secondary N) is 1. The molecule has 2 aromatic rings. The maximum Gasteiger partial charge on any atom is 0.307 e. The molecule has 1 saturated carbocycles. The van der Waals surface area contributed by atoms with E-state index in [2.05, 4.69) is 4.72 Å². The summed E-state index contributed by atoms with van der Waals surface area (Å²) in [5.74, 6) is -2.64. The fourth-order valence-electron chi connectivity index (χ4n) is 5.65. The van der Waals surface area contributed by atoms with Crippen LogP contribution >= 0.6 is 23.2 Å². The van der Waals surface area contributed by atoms with Gasteiger partial charge in [0, 0.05) is 28.5 Å². The molecule has 1 amide bonds.